The smallest absolute Gasteiger partial charge is 0.256 e. The predicted octanol–water partition coefficient (Wildman–Crippen LogP) is 4.49. The third-order valence-electron chi connectivity index (χ3n) is 4.17. The van der Waals surface area contributed by atoms with E-state index in [-0.39, 0.29) is 16.9 Å². The van der Waals surface area contributed by atoms with Crippen molar-refractivity contribution in [3.8, 4) is 0 Å². The van der Waals surface area contributed by atoms with Crippen LogP contribution in [-0.2, 0) is 0 Å². The lowest BCUT2D eigenvalue weighted by molar-refractivity contribution is 0.0604. The van der Waals surface area contributed by atoms with Crippen LogP contribution in [0.3, 0.4) is 0 Å². The van der Waals surface area contributed by atoms with Gasteiger partial charge in [0.1, 0.15) is 5.82 Å². The van der Waals surface area contributed by atoms with E-state index in [1.54, 1.807) is 17.0 Å². The first-order valence-corrected chi connectivity index (χ1v) is 7.82. The van der Waals surface area contributed by atoms with E-state index in [0.29, 0.717) is 19.0 Å². The molecule has 2 rings (SSSR count). The van der Waals surface area contributed by atoms with Crippen molar-refractivity contribution in [1.29, 1.82) is 0 Å². The zero-order chi connectivity index (χ0) is 14.9. The maximum Gasteiger partial charge on any atom is 0.256 e. The average molecular weight is 342 g/mol. The second-order valence-electron chi connectivity index (χ2n) is 6.56. The van der Waals surface area contributed by atoms with E-state index < -0.39 is 5.82 Å². The number of likely N-dealkylation sites (tertiary alicyclic amines) is 1. The summed E-state index contributed by atoms with van der Waals surface area (Å²) in [5.41, 5.74) is 0.435. The van der Waals surface area contributed by atoms with Crippen LogP contribution in [0.4, 0.5) is 4.39 Å². The van der Waals surface area contributed by atoms with E-state index in [2.05, 4.69) is 36.7 Å². The van der Waals surface area contributed by atoms with Crippen LogP contribution in [0.25, 0.3) is 0 Å². The minimum atomic E-state index is -0.448. The van der Waals surface area contributed by atoms with Crippen molar-refractivity contribution in [2.75, 3.05) is 13.1 Å². The van der Waals surface area contributed by atoms with Gasteiger partial charge < -0.3 is 4.90 Å². The molecule has 0 bridgehead atoms. The molecule has 1 fully saturated rings. The Hall–Kier alpha value is -0.900. The molecule has 0 spiro atoms. The molecule has 0 radical (unpaired) electrons. The minimum Gasteiger partial charge on any atom is -0.339 e. The van der Waals surface area contributed by atoms with Gasteiger partial charge in [-0.25, -0.2) is 4.39 Å². The number of carbonyl (C=O) groups is 1. The summed E-state index contributed by atoms with van der Waals surface area (Å²) >= 11 is 3.29. The Morgan fingerprint density at radius 1 is 1.30 bits per heavy atom. The normalized spacial score (nSPS) is 17.4. The summed E-state index contributed by atoms with van der Waals surface area (Å²) in [5, 5.41) is 0. The lowest BCUT2D eigenvalue weighted by Crippen LogP contribution is -2.41. The fraction of sp³-hybridized carbons (Fsp3) is 0.562. The fourth-order valence-corrected chi connectivity index (χ4v) is 3.14. The first-order chi connectivity index (χ1) is 9.29. The number of hydrogen-bond donors (Lipinski definition) is 0. The van der Waals surface area contributed by atoms with Gasteiger partial charge in [0.2, 0.25) is 0 Å². The maximum atomic E-state index is 13.8. The lowest BCUT2D eigenvalue weighted by Gasteiger charge is -2.38. The largest absolute Gasteiger partial charge is 0.339 e. The van der Waals surface area contributed by atoms with Crippen LogP contribution in [0.2, 0.25) is 0 Å². The van der Waals surface area contributed by atoms with Gasteiger partial charge in [-0.3, -0.25) is 4.79 Å². The summed E-state index contributed by atoms with van der Waals surface area (Å²) in [6.07, 6.45) is 1.98. The number of nitrogens with zero attached hydrogens (tertiary/aromatic N) is 1. The first-order valence-electron chi connectivity index (χ1n) is 7.03. The Labute approximate surface area is 128 Å². The van der Waals surface area contributed by atoms with Crippen LogP contribution in [-0.4, -0.2) is 23.9 Å². The second kappa shape index (κ2) is 5.84. The van der Waals surface area contributed by atoms with Crippen molar-refractivity contribution < 1.29 is 9.18 Å². The van der Waals surface area contributed by atoms with Crippen molar-refractivity contribution in [3.63, 3.8) is 0 Å². The van der Waals surface area contributed by atoms with Crippen molar-refractivity contribution in [2.24, 2.45) is 11.3 Å². The molecule has 0 saturated carbocycles. The molecule has 1 aromatic carbocycles. The van der Waals surface area contributed by atoms with Gasteiger partial charge in [-0.2, -0.15) is 0 Å². The Morgan fingerprint density at radius 2 is 1.90 bits per heavy atom. The van der Waals surface area contributed by atoms with Gasteiger partial charge in [0.05, 0.1) is 5.56 Å². The first kappa shape index (κ1) is 15.5. The van der Waals surface area contributed by atoms with Crippen LogP contribution in [0.5, 0.6) is 0 Å². The third-order valence-corrected chi connectivity index (χ3v) is 4.66. The topological polar surface area (TPSA) is 20.3 Å². The Kier molecular flexibility index (Phi) is 4.52. The van der Waals surface area contributed by atoms with Gasteiger partial charge in [-0.15, -0.1) is 0 Å². The molecular formula is C16H21BrFNO. The van der Waals surface area contributed by atoms with E-state index in [4.69, 9.17) is 0 Å². The monoisotopic (exact) mass is 341 g/mol. The van der Waals surface area contributed by atoms with Crippen LogP contribution >= 0.6 is 15.9 Å². The fourth-order valence-electron chi connectivity index (χ4n) is 2.78. The quantitative estimate of drug-likeness (QED) is 0.737. The highest BCUT2D eigenvalue weighted by atomic mass is 79.9. The highest BCUT2D eigenvalue weighted by Gasteiger charge is 2.31. The Balaban J connectivity index is 2.07. The van der Waals surface area contributed by atoms with Gasteiger partial charge in [0, 0.05) is 17.6 Å². The third kappa shape index (κ3) is 3.40. The van der Waals surface area contributed by atoms with Gasteiger partial charge in [0.15, 0.2) is 0 Å². The molecule has 1 amide bonds. The second-order valence-corrected chi connectivity index (χ2v) is 7.47. The van der Waals surface area contributed by atoms with Gasteiger partial charge >= 0.3 is 0 Å². The minimum absolute atomic E-state index is 0.161. The highest BCUT2D eigenvalue weighted by Crippen LogP contribution is 2.34. The van der Waals surface area contributed by atoms with Crippen molar-refractivity contribution in [2.45, 2.75) is 33.6 Å². The van der Waals surface area contributed by atoms with E-state index in [1.807, 2.05) is 0 Å². The molecule has 4 heteroatoms. The number of carbonyl (C=O) groups excluding carboxylic acids is 1. The Morgan fingerprint density at radius 3 is 2.45 bits per heavy atom. The maximum absolute atomic E-state index is 13.8. The zero-order valence-corrected chi connectivity index (χ0v) is 13.8. The molecule has 0 atom stereocenters. The summed E-state index contributed by atoms with van der Waals surface area (Å²) < 4.78 is 14.5. The number of halogens is 2. The van der Waals surface area contributed by atoms with E-state index in [0.717, 1.165) is 17.3 Å². The van der Waals surface area contributed by atoms with Crippen molar-refractivity contribution in [3.05, 3.63) is 34.1 Å². The van der Waals surface area contributed by atoms with Crippen LogP contribution in [0.15, 0.2) is 22.7 Å². The Bertz CT molecular complexity index is 502. The molecule has 1 aliphatic heterocycles. The molecule has 2 nitrogen and oxygen atoms in total. The van der Waals surface area contributed by atoms with Gasteiger partial charge in [0.25, 0.3) is 5.91 Å². The van der Waals surface area contributed by atoms with E-state index >= 15 is 0 Å². The summed E-state index contributed by atoms with van der Waals surface area (Å²) in [7, 11) is 0. The van der Waals surface area contributed by atoms with Crippen molar-refractivity contribution in [1.82, 2.24) is 4.90 Å². The van der Waals surface area contributed by atoms with Gasteiger partial charge in [-0.1, -0.05) is 36.7 Å². The molecular weight excluding hydrogens is 321 g/mol. The highest BCUT2D eigenvalue weighted by molar-refractivity contribution is 9.10. The van der Waals surface area contributed by atoms with Gasteiger partial charge in [-0.05, 0) is 42.4 Å². The SMILES string of the molecule is CC(C)(C)C1CCN(C(=O)c2cc(Br)ccc2F)CC1. The molecule has 110 valence electrons. The molecule has 0 N–H and O–H groups in total. The molecule has 1 saturated heterocycles. The number of amides is 1. The number of benzene rings is 1. The molecule has 1 aliphatic rings. The molecule has 1 aromatic rings. The summed E-state index contributed by atoms with van der Waals surface area (Å²) in [5.74, 6) is -0.0220. The molecule has 0 unspecified atom stereocenters. The van der Waals surface area contributed by atoms with E-state index in [9.17, 15) is 9.18 Å². The molecule has 0 aromatic heterocycles. The molecule has 0 aliphatic carbocycles. The number of hydrogen-bond acceptors (Lipinski definition) is 1. The van der Waals surface area contributed by atoms with Crippen molar-refractivity contribution >= 4 is 21.8 Å². The molecule has 1 heterocycles. The summed E-state index contributed by atoms with van der Waals surface area (Å²) in [4.78, 5) is 14.2. The van der Waals surface area contributed by atoms with Crippen LogP contribution in [0.1, 0.15) is 44.0 Å². The number of rotatable bonds is 1. The van der Waals surface area contributed by atoms with E-state index in [1.165, 1.54) is 6.07 Å². The zero-order valence-electron chi connectivity index (χ0n) is 12.2. The van der Waals surface area contributed by atoms with Crippen LogP contribution < -0.4 is 0 Å². The predicted molar refractivity (Wildman–Crippen MR) is 82.2 cm³/mol. The number of piperidine rings is 1. The average Bonchev–Trinajstić information content (AvgIpc) is 2.40. The molecule has 20 heavy (non-hydrogen) atoms. The standard InChI is InChI=1S/C16H21BrFNO/c1-16(2,3)11-6-8-19(9-7-11)15(20)13-10-12(17)4-5-14(13)18/h4-5,10-11H,6-9H2,1-3H3. The van der Waals surface area contributed by atoms with Crippen LogP contribution in [0, 0.1) is 17.2 Å². The summed E-state index contributed by atoms with van der Waals surface area (Å²) in [6, 6.07) is 4.50. The lowest BCUT2D eigenvalue weighted by atomic mass is 9.75. The summed E-state index contributed by atoms with van der Waals surface area (Å²) in [6.45, 7) is 8.15.